The van der Waals surface area contributed by atoms with Gasteiger partial charge < -0.3 is 20.4 Å². The van der Waals surface area contributed by atoms with Gasteiger partial charge in [-0.2, -0.15) is 5.10 Å². The summed E-state index contributed by atoms with van der Waals surface area (Å²) in [7, 11) is 1.96. The molecule has 2 N–H and O–H groups in total. The molecule has 2 heterocycles. The van der Waals surface area contributed by atoms with Gasteiger partial charge in [-0.05, 0) is 68.8 Å². The fourth-order valence-corrected chi connectivity index (χ4v) is 6.45. The van der Waals surface area contributed by atoms with Gasteiger partial charge in [0.1, 0.15) is 17.6 Å². The molecule has 2 aliphatic rings. The number of nitrogens with one attached hydrogen (secondary N) is 2. The molecule has 1 aliphatic carbocycles. The zero-order valence-electron chi connectivity index (χ0n) is 27.6. The summed E-state index contributed by atoms with van der Waals surface area (Å²) in [6.45, 7) is 9.62. The molecule has 1 saturated heterocycles. The first-order valence-corrected chi connectivity index (χ1v) is 16.4. The lowest BCUT2D eigenvalue weighted by Gasteiger charge is -2.36. The van der Waals surface area contributed by atoms with Gasteiger partial charge >= 0.3 is 0 Å². The molecule has 0 unspecified atom stereocenters. The molecule has 1 saturated carbocycles. The molecule has 10 nitrogen and oxygen atoms in total. The van der Waals surface area contributed by atoms with Crippen LogP contribution in [0.3, 0.4) is 0 Å². The van der Waals surface area contributed by atoms with Crippen LogP contribution in [-0.4, -0.2) is 94.6 Å². The second-order valence-electron chi connectivity index (χ2n) is 13.0. The third-order valence-corrected chi connectivity index (χ3v) is 9.62. The summed E-state index contributed by atoms with van der Waals surface area (Å²) in [5, 5.41) is 9.65. The van der Waals surface area contributed by atoms with Crippen molar-refractivity contribution in [3.63, 3.8) is 0 Å². The summed E-state index contributed by atoms with van der Waals surface area (Å²) in [4.78, 5) is 56.6. The molecule has 46 heavy (non-hydrogen) atoms. The Hall–Kier alpha value is -3.67. The van der Waals surface area contributed by atoms with E-state index in [2.05, 4.69) is 27.6 Å². The van der Waals surface area contributed by atoms with Crippen molar-refractivity contribution in [2.45, 2.75) is 90.5 Å². The quantitative estimate of drug-likeness (QED) is 0.366. The largest absolute Gasteiger partial charge is 0.341 e. The summed E-state index contributed by atoms with van der Waals surface area (Å²) in [6, 6.07) is 4.18. The van der Waals surface area contributed by atoms with Crippen LogP contribution in [0.25, 0.3) is 0 Å². The van der Waals surface area contributed by atoms with Crippen LogP contribution in [0.4, 0.5) is 8.78 Å². The molecule has 3 amide bonds. The maximum Gasteiger partial charge on any atom is 0.270 e. The minimum atomic E-state index is -1.82. The number of piperazine rings is 1. The van der Waals surface area contributed by atoms with E-state index in [9.17, 15) is 23.6 Å². The zero-order valence-corrected chi connectivity index (χ0v) is 27.6. The maximum absolute atomic E-state index is 15.7. The summed E-state index contributed by atoms with van der Waals surface area (Å²) < 4.78 is 31.1. The van der Waals surface area contributed by atoms with E-state index in [4.69, 9.17) is 0 Å². The van der Waals surface area contributed by atoms with Crippen LogP contribution >= 0.6 is 0 Å². The van der Waals surface area contributed by atoms with Crippen LogP contribution in [0.15, 0.2) is 30.5 Å². The molecule has 2 fully saturated rings. The van der Waals surface area contributed by atoms with Crippen molar-refractivity contribution < 1.29 is 28.0 Å². The maximum atomic E-state index is 15.7. The van der Waals surface area contributed by atoms with Crippen molar-refractivity contribution in [2.75, 3.05) is 33.2 Å². The summed E-state index contributed by atoms with van der Waals surface area (Å²) in [5.41, 5.74) is 0.974. The number of aryl methyl sites for hydroxylation is 1. The number of halogens is 2. The first-order valence-electron chi connectivity index (χ1n) is 16.4. The van der Waals surface area contributed by atoms with E-state index in [0.29, 0.717) is 49.9 Å². The normalized spacial score (nSPS) is 21.6. The number of aromatic nitrogens is 2. The highest BCUT2D eigenvalue weighted by Crippen LogP contribution is 2.32. The highest BCUT2D eigenvalue weighted by atomic mass is 19.1. The lowest BCUT2D eigenvalue weighted by Crippen LogP contribution is -2.56. The number of Topliss-reactive ketones (excluding diaryl/α,β-unsaturated/α-hetero) is 1. The first-order chi connectivity index (χ1) is 21.9. The highest BCUT2D eigenvalue weighted by Gasteiger charge is 2.36. The predicted molar refractivity (Wildman–Crippen MR) is 170 cm³/mol. The Bertz CT molecular complexity index is 1380. The van der Waals surface area contributed by atoms with E-state index in [1.54, 1.807) is 34.8 Å². The van der Waals surface area contributed by atoms with Gasteiger partial charge in [-0.15, -0.1) is 0 Å². The molecule has 0 spiro atoms. The Kier molecular flexibility index (Phi) is 12.0. The van der Waals surface area contributed by atoms with Gasteiger partial charge in [0.15, 0.2) is 12.0 Å². The topological polar surface area (TPSA) is 117 Å². The van der Waals surface area contributed by atoms with Gasteiger partial charge in [-0.3, -0.25) is 23.9 Å². The summed E-state index contributed by atoms with van der Waals surface area (Å²) in [5.74, 6) is -2.73. The molecule has 0 bridgehead atoms. The minimum Gasteiger partial charge on any atom is -0.341 e. The molecule has 1 aliphatic heterocycles. The van der Waals surface area contributed by atoms with Crippen LogP contribution < -0.4 is 10.6 Å². The Balaban J connectivity index is 1.53. The molecule has 4 rings (SSSR count). The van der Waals surface area contributed by atoms with Crippen LogP contribution in [0.1, 0.15) is 80.9 Å². The second kappa shape index (κ2) is 15.8. The van der Waals surface area contributed by atoms with E-state index in [0.717, 1.165) is 32.6 Å². The van der Waals surface area contributed by atoms with Gasteiger partial charge in [0.05, 0.1) is 6.04 Å². The Labute approximate surface area is 270 Å². The van der Waals surface area contributed by atoms with Crippen LogP contribution in [0.5, 0.6) is 0 Å². The van der Waals surface area contributed by atoms with Crippen molar-refractivity contribution in [3.05, 3.63) is 53.1 Å². The number of hydrogen-bond acceptors (Lipinski definition) is 6. The number of likely N-dealkylation sites (N-methyl/N-ethyl adjacent to an activating group) is 1. The van der Waals surface area contributed by atoms with Crippen LogP contribution in [0, 0.1) is 17.7 Å². The zero-order chi connectivity index (χ0) is 33.5. The van der Waals surface area contributed by atoms with Crippen molar-refractivity contribution in [2.24, 2.45) is 11.8 Å². The number of hydrogen-bond donors (Lipinski definition) is 2. The van der Waals surface area contributed by atoms with Crippen molar-refractivity contribution in [1.29, 1.82) is 0 Å². The molecular formula is C34H48F2N6O4. The molecule has 1 aromatic heterocycles. The van der Waals surface area contributed by atoms with Crippen molar-refractivity contribution in [1.82, 2.24) is 30.2 Å². The molecule has 252 valence electrons. The standard InChI is InChI=1S/C34H48F2N6O4/c1-6-42-28(13-14-37-42)33(45)39-31(24-9-7-21(2)8-10-24)29(43)20-26-12-11-25(19-27(26)36)22(3)30(38-32(44)23(4)35)34(46)41-17-15-40(5)16-18-41/h11-14,19,21-24,30-31H,6-10,15-18,20H2,1-5H3,(H,38,44)(H,39,45)/t21?,22-,23-,24?,30+,31-/m0/s1. The van der Waals surface area contributed by atoms with Crippen LogP contribution in [-0.2, 0) is 27.3 Å². The highest BCUT2D eigenvalue weighted by molar-refractivity contribution is 5.97. The monoisotopic (exact) mass is 642 g/mol. The van der Waals surface area contributed by atoms with Crippen molar-refractivity contribution in [3.8, 4) is 0 Å². The molecule has 12 heteroatoms. The van der Waals surface area contributed by atoms with E-state index < -0.39 is 35.9 Å². The lowest BCUT2D eigenvalue weighted by molar-refractivity contribution is -0.139. The Morgan fingerprint density at radius 1 is 1.00 bits per heavy atom. The first kappa shape index (κ1) is 35.2. The van der Waals surface area contributed by atoms with Gasteiger partial charge in [0.2, 0.25) is 5.91 Å². The number of amides is 3. The number of rotatable bonds is 12. The Morgan fingerprint density at radius 2 is 1.67 bits per heavy atom. The summed E-state index contributed by atoms with van der Waals surface area (Å²) >= 11 is 0. The molecule has 4 atom stereocenters. The lowest BCUT2D eigenvalue weighted by atomic mass is 9.77. The molecule has 2 aromatic rings. The van der Waals surface area contributed by atoms with Crippen LogP contribution in [0.2, 0.25) is 0 Å². The fraction of sp³-hybridized carbons (Fsp3) is 0.618. The molecular weight excluding hydrogens is 594 g/mol. The number of ketones is 1. The van der Waals surface area contributed by atoms with Gasteiger partial charge in [0.25, 0.3) is 11.8 Å². The van der Waals surface area contributed by atoms with Crippen molar-refractivity contribution >= 4 is 23.5 Å². The van der Waals surface area contributed by atoms with E-state index in [-0.39, 0.29) is 35.5 Å². The number of nitrogens with zero attached hydrogens (tertiary/aromatic N) is 4. The third kappa shape index (κ3) is 8.57. The Morgan fingerprint density at radius 3 is 2.28 bits per heavy atom. The molecule has 1 aromatic carbocycles. The van der Waals surface area contributed by atoms with E-state index >= 15 is 4.39 Å². The third-order valence-electron chi connectivity index (χ3n) is 9.62. The predicted octanol–water partition coefficient (Wildman–Crippen LogP) is 3.50. The average Bonchev–Trinajstić information content (AvgIpc) is 3.52. The minimum absolute atomic E-state index is 0.0594. The number of carbonyl (C=O) groups excluding carboxylic acids is 4. The SMILES string of the molecule is CCn1nccc1C(=O)N[C@H](C(=O)Cc1ccc([C@H](C)[C@@H](NC(=O)[C@H](C)F)C(=O)N2CCN(C)CC2)cc1F)C1CCC(C)CC1. The van der Waals surface area contributed by atoms with E-state index in [1.807, 2.05) is 14.0 Å². The fourth-order valence-electron chi connectivity index (χ4n) is 6.45. The second-order valence-corrected chi connectivity index (χ2v) is 13.0. The number of carbonyl (C=O) groups is 4. The van der Waals surface area contributed by atoms with Gasteiger partial charge in [-0.1, -0.05) is 38.8 Å². The molecule has 0 radical (unpaired) electrons. The van der Waals surface area contributed by atoms with E-state index in [1.165, 1.54) is 12.1 Å². The van der Waals surface area contributed by atoms with Gasteiger partial charge in [0, 0.05) is 51.3 Å². The average molecular weight is 643 g/mol. The summed E-state index contributed by atoms with van der Waals surface area (Å²) in [6.07, 6.45) is 2.98. The smallest absolute Gasteiger partial charge is 0.270 e. The van der Waals surface area contributed by atoms with Gasteiger partial charge in [-0.25, -0.2) is 8.78 Å². The number of alkyl halides is 1. The number of benzene rings is 1.